The quantitative estimate of drug-likeness (QED) is 0.634. The molecule has 0 radical (unpaired) electrons. The Morgan fingerprint density at radius 3 is 2.58 bits per heavy atom. The molecule has 0 aromatic carbocycles. The summed E-state index contributed by atoms with van der Waals surface area (Å²) < 4.78 is 4.69. The predicted octanol–water partition coefficient (Wildman–Crippen LogP) is 1.22. The second kappa shape index (κ2) is 2.90. The third kappa shape index (κ3) is 2.08. The Balaban J connectivity index is 2.71. The molecule has 0 saturated carbocycles. The van der Waals surface area contributed by atoms with Gasteiger partial charge in [0.05, 0.1) is 0 Å². The van der Waals surface area contributed by atoms with Crippen LogP contribution in [0.1, 0.15) is 27.2 Å². The monoisotopic (exact) mass is 170 g/mol. The average molecular weight is 170 g/mol. The largest absolute Gasteiger partial charge is 0.426 e. The summed E-state index contributed by atoms with van der Waals surface area (Å²) >= 11 is 0. The van der Waals surface area contributed by atoms with E-state index in [0.717, 1.165) is 0 Å². The molecule has 1 aliphatic heterocycles. The number of ether oxygens (including phenoxy) is 1. The first-order chi connectivity index (χ1) is 5.41. The molecule has 0 spiro atoms. The summed E-state index contributed by atoms with van der Waals surface area (Å²) in [5, 5.41) is 9.33. The van der Waals surface area contributed by atoms with Crippen LogP contribution in [0.3, 0.4) is 0 Å². The van der Waals surface area contributed by atoms with E-state index in [1.165, 1.54) is 13.0 Å². The van der Waals surface area contributed by atoms with Crippen LogP contribution in [0.15, 0.2) is 11.6 Å². The highest BCUT2D eigenvalue weighted by atomic mass is 16.7. The summed E-state index contributed by atoms with van der Waals surface area (Å²) in [6, 6.07) is 0. The Labute approximate surface area is 72.0 Å². The van der Waals surface area contributed by atoms with E-state index in [4.69, 9.17) is 0 Å². The summed E-state index contributed by atoms with van der Waals surface area (Å²) in [4.78, 5) is 11.1. The molecule has 1 heterocycles. The van der Waals surface area contributed by atoms with Crippen LogP contribution in [0, 0.1) is 5.92 Å². The third-order valence-electron chi connectivity index (χ3n) is 1.63. The van der Waals surface area contributed by atoms with Crippen molar-refractivity contribution in [1.29, 1.82) is 0 Å². The van der Waals surface area contributed by atoms with E-state index in [9.17, 15) is 9.90 Å². The van der Waals surface area contributed by atoms with E-state index >= 15 is 0 Å². The molecular weight excluding hydrogens is 156 g/mol. The lowest BCUT2D eigenvalue weighted by Gasteiger charge is -2.11. The molecule has 0 aromatic heterocycles. The topological polar surface area (TPSA) is 46.5 Å². The summed E-state index contributed by atoms with van der Waals surface area (Å²) in [6.07, 6.45) is 2.14. The summed E-state index contributed by atoms with van der Waals surface area (Å²) in [6.45, 7) is 5.49. The summed E-state index contributed by atoms with van der Waals surface area (Å²) in [7, 11) is 0. The lowest BCUT2D eigenvalue weighted by atomic mass is 10.0. The zero-order valence-corrected chi connectivity index (χ0v) is 7.63. The molecule has 0 bridgehead atoms. The molecule has 68 valence electrons. The normalized spacial score (nSPS) is 29.1. The lowest BCUT2D eigenvalue weighted by Crippen LogP contribution is -2.22. The van der Waals surface area contributed by atoms with E-state index in [0.29, 0.717) is 17.9 Å². The van der Waals surface area contributed by atoms with Gasteiger partial charge in [0, 0.05) is 12.5 Å². The number of rotatable bonds is 2. The second-order valence-electron chi connectivity index (χ2n) is 3.71. The van der Waals surface area contributed by atoms with Gasteiger partial charge in [0.1, 0.15) is 0 Å². The van der Waals surface area contributed by atoms with Gasteiger partial charge in [-0.2, -0.15) is 0 Å². The van der Waals surface area contributed by atoms with Gasteiger partial charge in [-0.15, -0.1) is 0 Å². The average Bonchev–Trinajstić information content (AvgIpc) is 2.03. The molecule has 1 rings (SSSR count). The molecule has 1 atom stereocenters. The highest BCUT2D eigenvalue weighted by Crippen LogP contribution is 2.25. The highest BCUT2D eigenvalue weighted by Gasteiger charge is 2.33. The first kappa shape index (κ1) is 9.26. The van der Waals surface area contributed by atoms with Crippen LogP contribution >= 0.6 is 0 Å². The molecule has 12 heavy (non-hydrogen) atoms. The molecule has 3 heteroatoms. The fourth-order valence-corrected chi connectivity index (χ4v) is 1.25. The molecule has 3 nitrogen and oxygen atoms in total. The molecule has 1 aliphatic rings. The van der Waals surface area contributed by atoms with Crippen LogP contribution in [0.4, 0.5) is 0 Å². The first-order valence-corrected chi connectivity index (χ1v) is 4.08. The maximum Gasteiger partial charge on any atom is 0.336 e. The molecule has 1 unspecified atom stereocenters. The SMILES string of the molecule is CC(C)CC1=CC(C)(O)OC1=O. The number of cyclic esters (lactones) is 1. The Bertz CT molecular complexity index is 226. The number of carbonyl (C=O) groups excluding carboxylic acids is 1. The van der Waals surface area contributed by atoms with Gasteiger partial charge in [-0.25, -0.2) is 4.79 Å². The van der Waals surface area contributed by atoms with E-state index in [1.807, 2.05) is 13.8 Å². The van der Waals surface area contributed by atoms with Crippen LogP contribution in [0.5, 0.6) is 0 Å². The maximum absolute atomic E-state index is 11.1. The van der Waals surface area contributed by atoms with Crippen molar-refractivity contribution in [3.63, 3.8) is 0 Å². The van der Waals surface area contributed by atoms with Gasteiger partial charge in [-0.1, -0.05) is 13.8 Å². The Morgan fingerprint density at radius 1 is 1.67 bits per heavy atom. The van der Waals surface area contributed by atoms with Gasteiger partial charge < -0.3 is 9.84 Å². The van der Waals surface area contributed by atoms with Crippen molar-refractivity contribution in [1.82, 2.24) is 0 Å². The van der Waals surface area contributed by atoms with Crippen molar-refractivity contribution in [2.24, 2.45) is 5.92 Å². The van der Waals surface area contributed by atoms with Crippen molar-refractivity contribution in [3.05, 3.63) is 11.6 Å². The van der Waals surface area contributed by atoms with Crippen LogP contribution in [-0.2, 0) is 9.53 Å². The Hall–Kier alpha value is -0.830. The van der Waals surface area contributed by atoms with Gasteiger partial charge >= 0.3 is 5.97 Å². The zero-order chi connectivity index (χ0) is 9.35. The minimum absolute atomic E-state index is 0.395. The van der Waals surface area contributed by atoms with Crippen molar-refractivity contribution in [2.45, 2.75) is 33.0 Å². The number of hydrogen-bond acceptors (Lipinski definition) is 3. The van der Waals surface area contributed by atoms with Crippen LogP contribution in [0.25, 0.3) is 0 Å². The first-order valence-electron chi connectivity index (χ1n) is 4.08. The molecule has 0 aliphatic carbocycles. The maximum atomic E-state index is 11.1. The van der Waals surface area contributed by atoms with Gasteiger partial charge in [0.15, 0.2) is 0 Å². The fraction of sp³-hybridized carbons (Fsp3) is 0.667. The summed E-state index contributed by atoms with van der Waals surface area (Å²) in [5.41, 5.74) is 0.579. The second-order valence-corrected chi connectivity index (χ2v) is 3.71. The van der Waals surface area contributed by atoms with Gasteiger partial charge in [-0.05, 0) is 18.4 Å². The van der Waals surface area contributed by atoms with Crippen LogP contribution in [-0.4, -0.2) is 16.9 Å². The van der Waals surface area contributed by atoms with Gasteiger partial charge in [0.25, 0.3) is 0 Å². The van der Waals surface area contributed by atoms with E-state index < -0.39 is 11.8 Å². The number of esters is 1. The molecular formula is C9H14O3. The molecule has 0 aromatic rings. The number of aliphatic hydroxyl groups is 1. The minimum Gasteiger partial charge on any atom is -0.426 e. The molecule has 0 saturated heterocycles. The summed E-state index contributed by atoms with van der Waals surface area (Å²) in [5.74, 6) is -1.38. The van der Waals surface area contributed by atoms with E-state index in [1.54, 1.807) is 0 Å². The molecule has 1 N–H and O–H groups in total. The Kier molecular flexibility index (Phi) is 2.24. The number of carbonyl (C=O) groups is 1. The van der Waals surface area contributed by atoms with Crippen molar-refractivity contribution >= 4 is 5.97 Å². The van der Waals surface area contributed by atoms with Crippen molar-refractivity contribution in [3.8, 4) is 0 Å². The van der Waals surface area contributed by atoms with Gasteiger partial charge in [0.2, 0.25) is 5.79 Å². The number of hydrogen-bond donors (Lipinski definition) is 1. The third-order valence-corrected chi connectivity index (χ3v) is 1.63. The van der Waals surface area contributed by atoms with Crippen LogP contribution < -0.4 is 0 Å². The van der Waals surface area contributed by atoms with Gasteiger partial charge in [-0.3, -0.25) is 0 Å². The molecule has 0 amide bonds. The standard InChI is InChI=1S/C9H14O3/c1-6(2)4-7-5-9(3,11)12-8(7)10/h5-6,11H,4H2,1-3H3. The smallest absolute Gasteiger partial charge is 0.336 e. The zero-order valence-electron chi connectivity index (χ0n) is 7.63. The highest BCUT2D eigenvalue weighted by molar-refractivity contribution is 5.91. The minimum atomic E-state index is -1.39. The van der Waals surface area contributed by atoms with Crippen LogP contribution in [0.2, 0.25) is 0 Å². The lowest BCUT2D eigenvalue weighted by molar-refractivity contribution is -0.172. The fourth-order valence-electron chi connectivity index (χ4n) is 1.25. The van der Waals surface area contributed by atoms with Crippen molar-refractivity contribution in [2.75, 3.05) is 0 Å². The Morgan fingerprint density at radius 2 is 2.25 bits per heavy atom. The molecule has 0 fully saturated rings. The van der Waals surface area contributed by atoms with E-state index in [2.05, 4.69) is 4.74 Å². The van der Waals surface area contributed by atoms with Crippen molar-refractivity contribution < 1.29 is 14.6 Å². The van der Waals surface area contributed by atoms with E-state index in [-0.39, 0.29) is 0 Å². The predicted molar refractivity (Wildman–Crippen MR) is 44.3 cm³/mol.